The van der Waals surface area contributed by atoms with Crippen molar-refractivity contribution in [2.75, 3.05) is 12.0 Å². The van der Waals surface area contributed by atoms with Gasteiger partial charge in [-0.2, -0.15) is 11.8 Å². The first-order valence-electron chi connectivity index (χ1n) is 2.65. The van der Waals surface area contributed by atoms with Gasteiger partial charge in [-0.1, -0.05) is 0 Å². The van der Waals surface area contributed by atoms with Gasteiger partial charge >= 0.3 is 86.9 Å². The molecule has 3 N–H and O–H groups in total. The first-order valence-corrected chi connectivity index (χ1v) is 4.05. The molecule has 0 spiro atoms. The number of aliphatic carboxylic acids is 1. The molecule has 11 heavy (non-hydrogen) atoms. The fourth-order valence-electron chi connectivity index (χ4n) is 0.368. The Morgan fingerprint density at radius 3 is 2.55 bits per heavy atom. The van der Waals surface area contributed by atoms with E-state index in [1.807, 2.05) is 6.26 Å². The Labute approximate surface area is 139 Å². The van der Waals surface area contributed by atoms with Gasteiger partial charge in [0.05, 0.1) is 0 Å². The van der Waals surface area contributed by atoms with E-state index in [2.05, 4.69) is 0 Å². The molecule has 0 radical (unpaired) electrons. The van der Waals surface area contributed by atoms with Crippen LogP contribution in [0.3, 0.4) is 0 Å². The largest absolute Gasteiger partial charge is 1.00 e. The van der Waals surface area contributed by atoms with Crippen LogP contribution in [0, 0.1) is 0 Å². The monoisotopic (exact) mass is 213 g/mol. The van der Waals surface area contributed by atoms with E-state index in [1.165, 1.54) is 0 Å². The zero-order valence-corrected chi connectivity index (χ0v) is 13.3. The van der Waals surface area contributed by atoms with Crippen LogP contribution in [-0.4, -0.2) is 29.1 Å². The van der Waals surface area contributed by atoms with Gasteiger partial charge in [-0.3, -0.25) is 4.79 Å². The number of hydrogen-bond acceptors (Lipinski definition) is 3. The Balaban J connectivity index is -0.0000000533. The molecule has 0 aromatic rings. The number of thioether (sulfide) groups is 1. The van der Waals surface area contributed by atoms with Crippen molar-refractivity contribution < 1.29 is 93.7 Å². The average molecular weight is 213 g/mol. The van der Waals surface area contributed by atoms with Gasteiger partial charge in [0.2, 0.25) is 0 Å². The molecule has 0 fully saturated rings. The maximum atomic E-state index is 10.1. The second kappa shape index (κ2) is 12.4. The smallest absolute Gasteiger partial charge is 1.00 e. The number of carboxylic acids is 1. The molecule has 0 heterocycles. The van der Waals surface area contributed by atoms with Crippen LogP contribution in [0.4, 0.5) is 0 Å². The van der Waals surface area contributed by atoms with Gasteiger partial charge in [-0.25, -0.2) is 0 Å². The minimum absolute atomic E-state index is 0. The molecular formula is C5H13KNNaO2S. The summed E-state index contributed by atoms with van der Waals surface area (Å²) in [5, 5.41) is 8.27. The summed E-state index contributed by atoms with van der Waals surface area (Å²) in [6.45, 7) is 0. The molecule has 0 aromatic carbocycles. The Bertz CT molecular complexity index is 115. The quantitative estimate of drug-likeness (QED) is 0.457. The second-order valence-corrected chi connectivity index (χ2v) is 2.71. The molecule has 0 rings (SSSR count). The Morgan fingerprint density at radius 1 is 1.82 bits per heavy atom. The SMILES string of the molecule is CSCC[C@H](N)C(=O)O.[H-].[H-].[K+].[Na+]. The van der Waals surface area contributed by atoms with Crippen molar-refractivity contribution >= 4 is 17.7 Å². The maximum absolute atomic E-state index is 10.1. The molecule has 0 aliphatic heterocycles. The molecule has 0 unspecified atom stereocenters. The van der Waals surface area contributed by atoms with Crippen LogP contribution in [0.2, 0.25) is 0 Å². The van der Waals surface area contributed by atoms with Crippen molar-refractivity contribution in [3.63, 3.8) is 0 Å². The van der Waals surface area contributed by atoms with Crippen molar-refractivity contribution in [1.82, 2.24) is 0 Å². The van der Waals surface area contributed by atoms with Gasteiger partial charge in [0, 0.05) is 0 Å². The molecule has 3 nitrogen and oxygen atoms in total. The van der Waals surface area contributed by atoms with E-state index >= 15 is 0 Å². The van der Waals surface area contributed by atoms with Crippen LogP contribution >= 0.6 is 11.8 Å². The minimum Gasteiger partial charge on any atom is -1.00 e. The predicted molar refractivity (Wildman–Crippen MR) is 40.8 cm³/mol. The number of rotatable bonds is 4. The standard InChI is InChI=1S/C5H11NO2S.K.Na.2H/c1-9-3-2-4(6)5(7)8;;;;/h4H,2-3,6H2,1H3,(H,7,8);;;;/q;2*+1;2*-1/t4-;;;;/m0..../s1. The number of hydrogen-bond donors (Lipinski definition) is 2. The molecule has 0 aliphatic carbocycles. The molecular weight excluding hydrogens is 200 g/mol. The second-order valence-electron chi connectivity index (χ2n) is 1.73. The summed E-state index contributed by atoms with van der Waals surface area (Å²) < 4.78 is 0. The van der Waals surface area contributed by atoms with Gasteiger partial charge in [0.25, 0.3) is 0 Å². The molecule has 6 heteroatoms. The third-order valence-corrected chi connectivity index (χ3v) is 1.59. The van der Waals surface area contributed by atoms with Crippen molar-refractivity contribution in [3.8, 4) is 0 Å². The van der Waals surface area contributed by atoms with Crippen LogP contribution in [0.15, 0.2) is 0 Å². The summed E-state index contributed by atoms with van der Waals surface area (Å²) >= 11 is 1.60. The fraction of sp³-hybridized carbons (Fsp3) is 0.800. The Hall–Kier alpha value is 2.42. The topological polar surface area (TPSA) is 63.3 Å². The zero-order chi connectivity index (χ0) is 7.28. The van der Waals surface area contributed by atoms with E-state index in [0.29, 0.717) is 6.42 Å². The summed E-state index contributed by atoms with van der Waals surface area (Å²) in [4.78, 5) is 10.1. The van der Waals surface area contributed by atoms with Gasteiger partial charge in [-0.05, 0) is 18.4 Å². The summed E-state index contributed by atoms with van der Waals surface area (Å²) in [5.74, 6) is -0.1000. The summed E-state index contributed by atoms with van der Waals surface area (Å²) in [6, 6.07) is -0.683. The van der Waals surface area contributed by atoms with Crippen molar-refractivity contribution in [3.05, 3.63) is 0 Å². The van der Waals surface area contributed by atoms with E-state index in [1.54, 1.807) is 11.8 Å². The molecule has 0 aromatic heterocycles. The number of nitrogens with two attached hydrogens (primary N) is 1. The van der Waals surface area contributed by atoms with E-state index < -0.39 is 12.0 Å². The van der Waals surface area contributed by atoms with Crippen LogP contribution in [0.25, 0.3) is 0 Å². The van der Waals surface area contributed by atoms with Gasteiger partial charge in [-0.15, -0.1) is 0 Å². The molecule has 0 bridgehead atoms. The molecule has 1 atom stereocenters. The van der Waals surface area contributed by atoms with Crippen molar-refractivity contribution in [2.45, 2.75) is 12.5 Å². The minimum atomic E-state index is -0.913. The molecule has 58 valence electrons. The predicted octanol–water partition coefficient (Wildman–Crippen LogP) is -5.62. The van der Waals surface area contributed by atoms with Gasteiger partial charge in [0.1, 0.15) is 6.04 Å². The Kier molecular flexibility index (Phi) is 21.5. The normalized spacial score (nSPS) is 10.7. The van der Waals surface area contributed by atoms with E-state index in [0.717, 1.165) is 5.75 Å². The van der Waals surface area contributed by atoms with Crippen LogP contribution in [0.1, 0.15) is 9.27 Å². The maximum Gasteiger partial charge on any atom is 1.00 e. The van der Waals surface area contributed by atoms with Gasteiger partial charge < -0.3 is 13.7 Å². The average Bonchev–Trinajstić information content (AvgIpc) is 1.82. The van der Waals surface area contributed by atoms with Crippen LogP contribution in [0.5, 0.6) is 0 Å². The molecule has 0 saturated heterocycles. The Morgan fingerprint density at radius 2 is 2.27 bits per heavy atom. The summed E-state index contributed by atoms with van der Waals surface area (Å²) in [5.41, 5.74) is 5.19. The molecule has 0 aliphatic rings. The van der Waals surface area contributed by atoms with E-state index in [4.69, 9.17) is 10.8 Å². The van der Waals surface area contributed by atoms with Crippen LogP contribution in [-0.2, 0) is 4.79 Å². The molecule has 0 saturated carbocycles. The van der Waals surface area contributed by atoms with Crippen molar-refractivity contribution in [1.29, 1.82) is 0 Å². The summed E-state index contributed by atoms with van der Waals surface area (Å²) in [6.07, 6.45) is 2.48. The van der Waals surface area contributed by atoms with Crippen LogP contribution < -0.4 is 86.7 Å². The van der Waals surface area contributed by atoms with Gasteiger partial charge in [0.15, 0.2) is 0 Å². The zero-order valence-electron chi connectivity index (χ0n) is 9.33. The van der Waals surface area contributed by atoms with E-state index in [-0.39, 0.29) is 83.8 Å². The number of carboxylic acid groups (broad SMARTS) is 1. The third-order valence-electron chi connectivity index (χ3n) is 0.950. The fourth-order valence-corrected chi connectivity index (χ4v) is 0.858. The van der Waals surface area contributed by atoms with Crippen molar-refractivity contribution in [2.24, 2.45) is 5.73 Å². The third kappa shape index (κ3) is 12.4. The summed E-state index contributed by atoms with van der Waals surface area (Å²) in [7, 11) is 0. The number of carbonyl (C=O) groups is 1. The van der Waals surface area contributed by atoms with E-state index in [9.17, 15) is 4.79 Å². The first kappa shape index (κ1) is 19.1. The first-order chi connectivity index (χ1) is 4.18. The molecule has 0 amide bonds.